The lowest BCUT2D eigenvalue weighted by Crippen LogP contribution is -2.16. The summed E-state index contributed by atoms with van der Waals surface area (Å²) in [5.74, 6) is -0.574. The zero-order valence-corrected chi connectivity index (χ0v) is 19.1. The number of imidazole rings is 1. The Morgan fingerprint density at radius 1 is 1.16 bits per heavy atom. The molecule has 0 aliphatic rings. The number of amides is 1. The Bertz CT molecular complexity index is 1260. The van der Waals surface area contributed by atoms with Crippen LogP contribution in [0, 0.1) is 0 Å². The quantitative estimate of drug-likeness (QED) is 0.387. The third-order valence-corrected chi connectivity index (χ3v) is 5.90. The first-order chi connectivity index (χ1) is 15.4. The largest absolute Gasteiger partial charge is 0.459 e. The van der Waals surface area contributed by atoms with E-state index in [0.29, 0.717) is 11.3 Å². The molecule has 0 spiro atoms. The van der Waals surface area contributed by atoms with Gasteiger partial charge in [-0.3, -0.25) is 9.20 Å². The van der Waals surface area contributed by atoms with Crippen molar-refractivity contribution in [1.29, 1.82) is 0 Å². The van der Waals surface area contributed by atoms with Crippen molar-refractivity contribution in [3.05, 3.63) is 76.9 Å². The van der Waals surface area contributed by atoms with Gasteiger partial charge >= 0.3 is 5.97 Å². The van der Waals surface area contributed by atoms with E-state index in [1.54, 1.807) is 38.1 Å². The van der Waals surface area contributed by atoms with E-state index in [1.807, 2.05) is 16.0 Å². The Kier molecular flexibility index (Phi) is 6.37. The molecule has 0 bridgehead atoms. The van der Waals surface area contributed by atoms with Crippen LogP contribution >= 0.6 is 11.3 Å². The molecule has 0 fully saturated rings. The van der Waals surface area contributed by atoms with E-state index in [-0.39, 0.29) is 18.4 Å². The zero-order chi connectivity index (χ0) is 22.7. The molecule has 32 heavy (non-hydrogen) atoms. The number of anilines is 1. The number of hydrogen-bond acceptors (Lipinski definition) is 5. The number of benzene rings is 2. The Hall–Kier alpha value is -3.45. The number of nitrogens with zero attached hydrogens (tertiary/aromatic N) is 2. The summed E-state index contributed by atoms with van der Waals surface area (Å²) in [6, 6.07) is 15.2. The second kappa shape index (κ2) is 9.36. The third kappa shape index (κ3) is 4.89. The standard InChI is InChI=1S/C25H25N3O3S/c1-4-17-8-10-18(11-9-17)22-14-28-21(15-32-25(28)27-22)13-23(29)26-20-7-5-6-19(12-20)24(30)31-16(2)3/h5-12,14-16H,4,13H2,1-3H3,(H,26,29). The van der Waals surface area contributed by atoms with Gasteiger partial charge in [-0.1, -0.05) is 37.3 Å². The molecule has 2 heterocycles. The summed E-state index contributed by atoms with van der Waals surface area (Å²) in [5.41, 5.74) is 5.05. The number of aryl methyl sites for hydroxylation is 1. The highest BCUT2D eigenvalue weighted by atomic mass is 32.1. The molecule has 1 amide bonds. The van der Waals surface area contributed by atoms with Crippen LogP contribution in [0.15, 0.2) is 60.1 Å². The van der Waals surface area contributed by atoms with Gasteiger partial charge in [-0.05, 0) is 44.0 Å². The molecule has 6 nitrogen and oxygen atoms in total. The Labute approximate surface area is 190 Å². The first kappa shape index (κ1) is 21.8. The molecule has 0 radical (unpaired) electrons. The first-order valence-corrected chi connectivity index (χ1v) is 11.5. The van der Waals surface area contributed by atoms with Gasteiger partial charge in [-0.25, -0.2) is 9.78 Å². The molecule has 0 saturated heterocycles. The van der Waals surface area contributed by atoms with E-state index in [4.69, 9.17) is 9.72 Å². The average molecular weight is 448 g/mol. The van der Waals surface area contributed by atoms with Crippen LogP contribution in [0.5, 0.6) is 0 Å². The van der Waals surface area contributed by atoms with Crippen LogP contribution in [-0.4, -0.2) is 27.4 Å². The van der Waals surface area contributed by atoms with Crippen molar-refractivity contribution in [1.82, 2.24) is 9.38 Å². The number of carbonyl (C=O) groups is 2. The Balaban J connectivity index is 1.47. The van der Waals surface area contributed by atoms with Crippen LogP contribution in [0.4, 0.5) is 5.69 Å². The van der Waals surface area contributed by atoms with Crippen LogP contribution < -0.4 is 5.32 Å². The number of aromatic nitrogens is 2. The number of carbonyl (C=O) groups excluding carboxylic acids is 2. The fourth-order valence-electron chi connectivity index (χ4n) is 3.38. The van der Waals surface area contributed by atoms with Gasteiger partial charge in [0.1, 0.15) is 0 Å². The summed E-state index contributed by atoms with van der Waals surface area (Å²) >= 11 is 1.51. The van der Waals surface area contributed by atoms with Crippen LogP contribution in [0.2, 0.25) is 0 Å². The summed E-state index contributed by atoms with van der Waals surface area (Å²) in [6.07, 6.45) is 2.97. The number of esters is 1. The van der Waals surface area contributed by atoms with E-state index in [9.17, 15) is 9.59 Å². The molecule has 0 aliphatic heterocycles. The molecule has 0 aliphatic carbocycles. The minimum atomic E-state index is -0.409. The minimum absolute atomic E-state index is 0.165. The Morgan fingerprint density at radius 3 is 2.66 bits per heavy atom. The SMILES string of the molecule is CCc1ccc(-c2cn3c(CC(=O)Nc4cccc(C(=O)OC(C)C)c4)csc3n2)cc1. The fraction of sp³-hybridized carbons (Fsp3) is 0.240. The fourth-order valence-corrected chi connectivity index (χ4v) is 4.26. The number of nitrogens with one attached hydrogen (secondary N) is 1. The van der Waals surface area contributed by atoms with Crippen LogP contribution in [0.1, 0.15) is 42.4 Å². The Morgan fingerprint density at radius 2 is 1.94 bits per heavy atom. The molecule has 7 heteroatoms. The predicted octanol–water partition coefficient (Wildman–Crippen LogP) is 5.37. The van der Waals surface area contributed by atoms with Crippen LogP contribution in [0.25, 0.3) is 16.2 Å². The number of hydrogen-bond donors (Lipinski definition) is 1. The highest BCUT2D eigenvalue weighted by Gasteiger charge is 2.14. The number of thiazole rings is 1. The molecule has 2 aromatic heterocycles. The van der Waals surface area contributed by atoms with Crippen molar-refractivity contribution in [2.24, 2.45) is 0 Å². The van der Waals surface area contributed by atoms with Gasteiger partial charge in [0, 0.05) is 28.5 Å². The molecule has 0 saturated carbocycles. The van der Waals surface area contributed by atoms with Crippen molar-refractivity contribution >= 4 is 33.9 Å². The molecular weight excluding hydrogens is 422 g/mol. The van der Waals surface area contributed by atoms with E-state index >= 15 is 0 Å². The van der Waals surface area contributed by atoms with Crippen molar-refractivity contribution < 1.29 is 14.3 Å². The van der Waals surface area contributed by atoms with Crippen LogP contribution in [0.3, 0.4) is 0 Å². The lowest BCUT2D eigenvalue weighted by atomic mass is 10.1. The van der Waals surface area contributed by atoms with Gasteiger partial charge in [0.05, 0.1) is 23.8 Å². The lowest BCUT2D eigenvalue weighted by Gasteiger charge is -2.09. The zero-order valence-electron chi connectivity index (χ0n) is 18.3. The molecular formula is C25H25N3O3S. The highest BCUT2D eigenvalue weighted by molar-refractivity contribution is 7.15. The first-order valence-electron chi connectivity index (χ1n) is 10.6. The molecule has 2 aromatic carbocycles. The summed E-state index contributed by atoms with van der Waals surface area (Å²) in [6.45, 7) is 5.73. The maximum Gasteiger partial charge on any atom is 0.338 e. The van der Waals surface area contributed by atoms with E-state index in [0.717, 1.165) is 28.3 Å². The molecule has 4 aromatic rings. The third-order valence-electron chi connectivity index (χ3n) is 5.01. The second-order valence-electron chi connectivity index (χ2n) is 7.82. The van der Waals surface area contributed by atoms with E-state index in [2.05, 4.69) is 36.5 Å². The maximum atomic E-state index is 12.7. The van der Waals surface area contributed by atoms with Crippen molar-refractivity contribution in [2.75, 3.05) is 5.32 Å². The molecule has 0 unspecified atom stereocenters. The monoisotopic (exact) mass is 447 g/mol. The summed E-state index contributed by atoms with van der Waals surface area (Å²) in [4.78, 5) is 30.3. The topological polar surface area (TPSA) is 72.7 Å². The van der Waals surface area contributed by atoms with Gasteiger partial charge in [0.25, 0.3) is 0 Å². The predicted molar refractivity (Wildman–Crippen MR) is 127 cm³/mol. The van der Waals surface area contributed by atoms with E-state index < -0.39 is 5.97 Å². The smallest absolute Gasteiger partial charge is 0.338 e. The lowest BCUT2D eigenvalue weighted by molar-refractivity contribution is -0.115. The van der Waals surface area contributed by atoms with Crippen molar-refractivity contribution in [3.8, 4) is 11.3 Å². The summed E-state index contributed by atoms with van der Waals surface area (Å²) in [5, 5.41) is 4.82. The highest BCUT2D eigenvalue weighted by Crippen LogP contribution is 2.24. The number of ether oxygens (including phenoxy) is 1. The average Bonchev–Trinajstić information content (AvgIpc) is 3.35. The summed E-state index contributed by atoms with van der Waals surface area (Å²) in [7, 11) is 0. The van der Waals surface area contributed by atoms with Gasteiger partial charge < -0.3 is 10.1 Å². The second-order valence-corrected chi connectivity index (χ2v) is 8.65. The molecule has 4 rings (SSSR count). The maximum absolute atomic E-state index is 12.7. The van der Waals surface area contributed by atoms with Gasteiger partial charge in [0.2, 0.25) is 5.91 Å². The van der Waals surface area contributed by atoms with Gasteiger partial charge in [-0.2, -0.15) is 0 Å². The van der Waals surface area contributed by atoms with Gasteiger partial charge in [0.15, 0.2) is 4.96 Å². The van der Waals surface area contributed by atoms with Crippen molar-refractivity contribution in [3.63, 3.8) is 0 Å². The van der Waals surface area contributed by atoms with E-state index in [1.165, 1.54) is 16.9 Å². The minimum Gasteiger partial charge on any atom is -0.459 e. The van der Waals surface area contributed by atoms with Crippen LogP contribution in [-0.2, 0) is 22.4 Å². The van der Waals surface area contributed by atoms with Crippen molar-refractivity contribution in [2.45, 2.75) is 39.7 Å². The summed E-state index contributed by atoms with van der Waals surface area (Å²) < 4.78 is 7.18. The molecule has 164 valence electrons. The number of rotatable bonds is 7. The molecule has 1 N–H and O–H groups in total. The molecule has 0 atom stereocenters. The number of fused-ring (bicyclic) bond motifs is 1. The normalized spacial score (nSPS) is 11.1. The van der Waals surface area contributed by atoms with Gasteiger partial charge in [-0.15, -0.1) is 11.3 Å².